The minimum Gasteiger partial charge on any atom is -0.348 e. The summed E-state index contributed by atoms with van der Waals surface area (Å²) in [6.45, 7) is 3.67. The first-order chi connectivity index (χ1) is 12.0. The largest absolute Gasteiger partial charge is 0.348 e. The molecular formula is C18H22N4O2S. The van der Waals surface area contributed by atoms with Crippen molar-refractivity contribution in [1.82, 2.24) is 14.7 Å². The second-order valence-electron chi connectivity index (χ2n) is 6.56. The van der Waals surface area contributed by atoms with E-state index in [9.17, 15) is 9.59 Å². The van der Waals surface area contributed by atoms with Crippen LogP contribution >= 0.6 is 11.5 Å². The van der Waals surface area contributed by atoms with Crippen LogP contribution in [0, 0.1) is 5.92 Å². The molecule has 1 fully saturated rings. The van der Waals surface area contributed by atoms with Crippen molar-refractivity contribution < 1.29 is 9.59 Å². The Morgan fingerprint density at radius 2 is 1.96 bits per heavy atom. The fourth-order valence-electron chi connectivity index (χ4n) is 3.07. The number of carbonyl (C=O) groups is 2. The van der Waals surface area contributed by atoms with Gasteiger partial charge in [0.15, 0.2) is 0 Å². The molecule has 0 aliphatic heterocycles. The molecule has 132 valence electrons. The molecule has 0 aromatic carbocycles. The van der Waals surface area contributed by atoms with E-state index in [1.807, 2.05) is 18.2 Å². The minimum atomic E-state index is -0.238. The van der Waals surface area contributed by atoms with Gasteiger partial charge in [0.05, 0.1) is 11.4 Å². The van der Waals surface area contributed by atoms with E-state index in [2.05, 4.69) is 26.9 Å². The third-order valence-electron chi connectivity index (χ3n) is 4.46. The first-order valence-corrected chi connectivity index (χ1v) is 9.31. The first kappa shape index (κ1) is 17.5. The molecule has 3 rings (SSSR count). The van der Waals surface area contributed by atoms with E-state index in [1.165, 1.54) is 6.92 Å². The Kier molecular flexibility index (Phi) is 5.43. The number of hydrogen-bond acceptors (Lipinski definition) is 5. The molecular weight excluding hydrogens is 336 g/mol. The SMILES string of the molecule is CC(=O)Nc1c(-c2ccccn2)nsc1C(=O)NC1CCC(C)CC1. The van der Waals surface area contributed by atoms with Gasteiger partial charge in [-0.3, -0.25) is 14.6 Å². The van der Waals surface area contributed by atoms with Crippen LogP contribution in [0.2, 0.25) is 0 Å². The summed E-state index contributed by atoms with van der Waals surface area (Å²) in [4.78, 5) is 29.0. The third-order valence-corrected chi connectivity index (χ3v) is 5.30. The topological polar surface area (TPSA) is 84.0 Å². The maximum atomic E-state index is 12.7. The van der Waals surface area contributed by atoms with Gasteiger partial charge in [-0.2, -0.15) is 4.37 Å². The summed E-state index contributed by atoms with van der Waals surface area (Å²) in [7, 11) is 0. The maximum Gasteiger partial charge on any atom is 0.265 e. The zero-order valence-electron chi connectivity index (χ0n) is 14.4. The lowest BCUT2D eigenvalue weighted by Crippen LogP contribution is -2.37. The average Bonchev–Trinajstić information content (AvgIpc) is 3.00. The molecule has 0 radical (unpaired) electrons. The van der Waals surface area contributed by atoms with Crippen LogP contribution in [0.15, 0.2) is 24.4 Å². The molecule has 6 nitrogen and oxygen atoms in total. The lowest BCUT2D eigenvalue weighted by Gasteiger charge is -2.26. The predicted molar refractivity (Wildman–Crippen MR) is 98.5 cm³/mol. The molecule has 0 unspecified atom stereocenters. The number of hydrogen-bond donors (Lipinski definition) is 2. The standard InChI is InChI=1S/C18H22N4O2S/c1-11-6-8-13(9-7-11)21-18(24)17-16(20-12(2)23)15(22-25-17)14-5-3-4-10-19-14/h3-5,10-11,13H,6-9H2,1-2H3,(H,20,23)(H,21,24). The van der Waals surface area contributed by atoms with Crippen LogP contribution in [0.25, 0.3) is 11.4 Å². The molecule has 1 aliphatic rings. The zero-order valence-corrected chi connectivity index (χ0v) is 15.2. The highest BCUT2D eigenvalue weighted by molar-refractivity contribution is 7.09. The van der Waals surface area contributed by atoms with Gasteiger partial charge in [0.25, 0.3) is 5.91 Å². The zero-order chi connectivity index (χ0) is 17.8. The number of nitrogens with zero attached hydrogens (tertiary/aromatic N) is 2. The summed E-state index contributed by atoms with van der Waals surface area (Å²) < 4.78 is 4.37. The molecule has 0 bridgehead atoms. The van der Waals surface area contributed by atoms with E-state index < -0.39 is 0 Å². The predicted octanol–water partition coefficient (Wildman–Crippen LogP) is 3.47. The molecule has 1 saturated carbocycles. The van der Waals surface area contributed by atoms with Crippen LogP contribution in [-0.4, -0.2) is 27.2 Å². The number of nitrogens with one attached hydrogen (secondary N) is 2. The molecule has 0 saturated heterocycles. The van der Waals surface area contributed by atoms with Crippen LogP contribution in [0.5, 0.6) is 0 Å². The van der Waals surface area contributed by atoms with Gasteiger partial charge in [0.1, 0.15) is 10.6 Å². The van der Waals surface area contributed by atoms with E-state index in [-0.39, 0.29) is 17.9 Å². The van der Waals surface area contributed by atoms with Crippen LogP contribution in [0.1, 0.15) is 49.2 Å². The van der Waals surface area contributed by atoms with Gasteiger partial charge in [-0.1, -0.05) is 13.0 Å². The number of pyridine rings is 1. The Labute approximate surface area is 151 Å². The first-order valence-electron chi connectivity index (χ1n) is 8.54. The number of amides is 2. The highest BCUT2D eigenvalue weighted by atomic mass is 32.1. The average molecular weight is 358 g/mol. The normalized spacial score (nSPS) is 20.1. The lowest BCUT2D eigenvalue weighted by atomic mass is 9.87. The highest BCUT2D eigenvalue weighted by Crippen LogP contribution is 2.33. The summed E-state index contributed by atoms with van der Waals surface area (Å²) in [5.74, 6) is 0.308. The van der Waals surface area contributed by atoms with Crippen molar-refractivity contribution in [3.63, 3.8) is 0 Å². The van der Waals surface area contributed by atoms with Gasteiger partial charge in [-0.05, 0) is 55.3 Å². The summed E-state index contributed by atoms with van der Waals surface area (Å²) in [5, 5.41) is 5.85. The van der Waals surface area contributed by atoms with Gasteiger partial charge in [-0.25, -0.2) is 0 Å². The Morgan fingerprint density at radius 1 is 1.20 bits per heavy atom. The van der Waals surface area contributed by atoms with Gasteiger partial charge in [-0.15, -0.1) is 0 Å². The Balaban J connectivity index is 1.84. The number of rotatable bonds is 4. The van der Waals surface area contributed by atoms with Crippen LogP contribution in [0.3, 0.4) is 0 Å². The van der Waals surface area contributed by atoms with Crippen molar-refractivity contribution in [1.29, 1.82) is 0 Å². The van der Waals surface area contributed by atoms with Gasteiger partial charge < -0.3 is 10.6 Å². The smallest absolute Gasteiger partial charge is 0.265 e. The minimum absolute atomic E-state index is 0.178. The highest BCUT2D eigenvalue weighted by Gasteiger charge is 2.25. The van der Waals surface area contributed by atoms with Crippen molar-refractivity contribution in [3.05, 3.63) is 29.3 Å². The third kappa shape index (κ3) is 4.22. The molecule has 2 heterocycles. The van der Waals surface area contributed by atoms with Gasteiger partial charge >= 0.3 is 0 Å². The van der Waals surface area contributed by atoms with Crippen LogP contribution in [-0.2, 0) is 4.79 Å². The van der Waals surface area contributed by atoms with Crippen molar-refractivity contribution in [3.8, 4) is 11.4 Å². The number of carbonyl (C=O) groups excluding carboxylic acids is 2. The van der Waals surface area contributed by atoms with Gasteiger partial charge in [0, 0.05) is 19.2 Å². The van der Waals surface area contributed by atoms with Crippen molar-refractivity contribution in [2.45, 2.75) is 45.6 Å². The maximum absolute atomic E-state index is 12.7. The summed E-state index contributed by atoms with van der Waals surface area (Å²) in [6.07, 6.45) is 5.91. The number of anilines is 1. The quantitative estimate of drug-likeness (QED) is 0.876. The molecule has 7 heteroatoms. The fraction of sp³-hybridized carbons (Fsp3) is 0.444. The molecule has 2 aromatic rings. The monoisotopic (exact) mass is 358 g/mol. The fourth-order valence-corrected chi connectivity index (χ4v) is 3.82. The molecule has 1 aliphatic carbocycles. The van der Waals surface area contributed by atoms with E-state index in [0.717, 1.165) is 43.1 Å². The summed E-state index contributed by atoms with van der Waals surface area (Å²) >= 11 is 1.09. The van der Waals surface area contributed by atoms with E-state index >= 15 is 0 Å². The summed E-state index contributed by atoms with van der Waals surface area (Å²) in [5.41, 5.74) is 1.61. The second-order valence-corrected chi connectivity index (χ2v) is 7.34. The second kappa shape index (κ2) is 7.74. The number of aromatic nitrogens is 2. The molecule has 25 heavy (non-hydrogen) atoms. The van der Waals surface area contributed by atoms with Crippen molar-refractivity contribution >= 4 is 29.0 Å². The van der Waals surface area contributed by atoms with Crippen LogP contribution < -0.4 is 10.6 Å². The van der Waals surface area contributed by atoms with Crippen molar-refractivity contribution in [2.75, 3.05) is 5.32 Å². The Hall–Kier alpha value is -2.28. The van der Waals surface area contributed by atoms with E-state index in [4.69, 9.17) is 0 Å². The van der Waals surface area contributed by atoms with Crippen LogP contribution in [0.4, 0.5) is 5.69 Å². The molecule has 2 amide bonds. The molecule has 0 atom stereocenters. The molecule has 0 spiro atoms. The molecule has 2 aromatic heterocycles. The Morgan fingerprint density at radius 3 is 2.60 bits per heavy atom. The van der Waals surface area contributed by atoms with E-state index in [0.29, 0.717) is 22.0 Å². The summed E-state index contributed by atoms with van der Waals surface area (Å²) in [6, 6.07) is 5.66. The van der Waals surface area contributed by atoms with E-state index in [1.54, 1.807) is 6.20 Å². The van der Waals surface area contributed by atoms with Gasteiger partial charge in [0.2, 0.25) is 5.91 Å². The molecule has 2 N–H and O–H groups in total. The Bertz CT molecular complexity index is 752. The lowest BCUT2D eigenvalue weighted by molar-refractivity contribution is -0.114. The van der Waals surface area contributed by atoms with Crippen molar-refractivity contribution in [2.24, 2.45) is 5.92 Å².